The van der Waals surface area contributed by atoms with Crippen molar-refractivity contribution < 1.29 is 4.79 Å². The van der Waals surface area contributed by atoms with E-state index in [1.807, 2.05) is 31.2 Å². The maximum Gasteiger partial charge on any atom is 0.323 e. The lowest BCUT2D eigenvalue weighted by Gasteiger charge is -2.02. The molecular formula is C17H15N3O2. The molecule has 22 heavy (non-hydrogen) atoms. The molecule has 0 fully saturated rings. The number of carbonyl (C=O) groups excluding carboxylic acids is 1. The zero-order chi connectivity index (χ0) is 15.5. The van der Waals surface area contributed by atoms with Gasteiger partial charge in [-0.1, -0.05) is 29.8 Å². The number of anilines is 1. The Hall–Kier alpha value is -3.08. The minimum atomic E-state index is -0.266. The lowest BCUT2D eigenvalue weighted by molar-refractivity contribution is -0.111. The molecule has 3 rings (SSSR count). The number of nitrogens with one attached hydrogen (secondary N) is 3. The Morgan fingerprint density at radius 3 is 2.73 bits per heavy atom. The first-order chi connectivity index (χ1) is 10.6. The lowest BCUT2D eigenvalue weighted by atomic mass is 10.1. The fourth-order valence-corrected chi connectivity index (χ4v) is 2.24. The summed E-state index contributed by atoms with van der Waals surface area (Å²) in [6.45, 7) is 2.00. The summed E-state index contributed by atoms with van der Waals surface area (Å²) in [6, 6.07) is 13.1. The van der Waals surface area contributed by atoms with E-state index in [1.165, 1.54) is 6.08 Å². The summed E-state index contributed by atoms with van der Waals surface area (Å²) in [5, 5.41) is 2.77. The SMILES string of the molecule is Cc1cccc(/C=C/C(=O)Nc2ccc3[nH]c(=O)[nH]c3c2)c1. The molecule has 0 spiro atoms. The summed E-state index contributed by atoms with van der Waals surface area (Å²) in [7, 11) is 0. The summed E-state index contributed by atoms with van der Waals surface area (Å²) in [5.41, 5.74) is 3.84. The summed E-state index contributed by atoms with van der Waals surface area (Å²) >= 11 is 0. The number of aryl methyl sites for hydroxylation is 1. The van der Waals surface area contributed by atoms with Gasteiger partial charge < -0.3 is 15.3 Å². The quantitative estimate of drug-likeness (QED) is 0.649. The average Bonchev–Trinajstić information content (AvgIpc) is 2.84. The van der Waals surface area contributed by atoms with Gasteiger partial charge in [-0.15, -0.1) is 0 Å². The van der Waals surface area contributed by atoms with Crippen LogP contribution < -0.4 is 11.0 Å². The molecule has 110 valence electrons. The summed E-state index contributed by atoms with van der Waals surface area (Å²) in [6.07, 6.45) is 3.25. The molecule has 1 aromatic heterocycles. The first-order valence-electron chi connectivity index (χ1n) is 6.88. The van der Waals surface area contributed by atoms with Gasteiger partial charge in [-0.25, -0.2) is 4.79 Å². The van der Waals surface area contributed by atoms with Gasteiger partial charge in [0.1, 0.15) is 0 Å². The molecule has 3 aromatic rings. The molecular weight excluding hydrogens is 278 g/mol. The largest absolute Gasteiger partial charge is 0.323 e. The number of aromatic amines is 2. The van der Waals surface area contributed by atoms with Gasteiger partial charge in [0.15, 0.2) is 0 Å². The molecule has 0 aliphatic rings. The number of H-pyrrole nitrogens is 2. The summed E-state index contributed by atoms with van der Waals surface area (Å²) in [5.74, 6) is -0.223. The van der Waals surface area contributed by atoms with Crippen LogP contribution in [0.5, 0.6) is 0 Å². The number of fused-ring (bicyclic) bond motifs is 1. The highest BCUT2D eigenvalue weighted by molar-refractivity contribution is 6.02. The second-order valence-corrected chi connectivity index (χ2v) is 5.08. The molecule has 5 heteroatoms. The minimum Gasteiger partial charge on any atom is -0.322 e. The first-order valence-corrected chi connectivity index (χ1v) is 6.88. The zero-order valence-electron chi connectivity index (χ0n) is 12.0. The Morgan fingerprint density at radius 1 is 1.09 bits per heavy atom. The Balaban J connectivity index is 1.73. The van der Waals surface area contributed by atoms with Gasteiger partial charge in [-0.3, -0.25) is 4.79 Å². The number of hydrogen-bond acceptors (Lipinski definition) is 2. The number of hydrogen-bond donors (Lipinski definition) is 3. The lowest BCUT2D eigenvalue weighted by Crippen LogP contribution is -2.07. The number of imidazole rings is 1. The maximum absolute atomic E-state index is 11.9. The zero-order valence-corrected chi connectivity index (χ0v) is 12.0. The van der Waals surface area contributed by atoms with Gasteiger partial charge >= 0.3 is 5.69 Å². The number of rotatable bonds is 3. The van der Waals surface area contributed by atoms with Crippen molar-refractivity contribution in [3.63, 3.8) is 0 Å². The molecule has 0 aliphatic carbocycles. The summed E-state index contributed by atoms with van der Waals surface area (Å²) < 4.78 is 0. The Morgan fingerprint density at radius 2 is 1.91 bits per heavy atom. The van der Waals surface area contributed by atoms with Crippen LogP contribution in [0.3, 0.4) is 0 Å². The van der Waals surface area contributed by atoms with Crippen LogP contribution in [0, 0.1) is 6.92 Å². The van der Waals surface area contributed by atoms with Crippen molar-refractivity contribution in [1.82, 2.24) is 9.97 Å². The molecule has 0 saturated heterocycles. The van der Waals surface area contributed by atoms with Crippen LogP contribution in [-0.4, -0.2) is 15.9 Å². The second kappa shape index (κ2) is 5.73. The third-order valence-electron chi connectivity index (χ3n) is 3.25. The van der Waals surface area contributed by atoms with Crippen LogP contribution >= 0.6 is 0 Å². The second-order valence-electron chi connectivity index (χ2n) is 5.08. The molecule has 0 atom stereocenters. The van der Waals surface area contributed by atoms with Gasteiger partial charge in [0, 0.05) is 11.8 Å². The van der Waals surface area contributed by atoms with E-state index in [2.05, 4.69) is 15.3 Å². The third kappa shape index (κ3) is 3.15. The first kappa shape index (κ1) is 13.9. The number of amides is 1. The van der Waals surface area contributed by atoms with Crippen molar-refractivity contribution in [2.24, 2.45) is 0 Å². The van der Waals surface area contributed by atoms with Crippen LogP contribution in [0.25, 0.3) is 17.1 Å². The predicted molar refractivity (Wildman–Crippen MR) is 87.8 cm³/mol. The third-order valence-corrected chi connectivity index (χ3v) is 3.25. The Labute approximate surface area is 126 Å². The Bertz CT molecular complexity index is 919. The van der Waals surface area contributed by atoms with Gasteiger partial charge in [0.25, 0.3) is 0 Å². The smallest absolute Gasteiger partial charge is 0.322 e. The van der Waals surface area contributed by atoms with E-state index >= 15 is 0 Å². The predicted octanol–water partition coefficient (Wildman–Crippen LogP) is 2.82. The van der Waals surface area contributed by atoms with E-state index < -0.39 is 0 Å². The van der Waals surface area contributed by atoms with E-state index in [4.69, 9.17) is 0 Å². The molecule has 3 N–H and O–H groups in total. The van der Waals surface area contributed by atoms with E-state index in [0.29, 0.717) is 16.7 Å². The number of carbonyl (C=O) groups is 1. The molecule has 0 bridgehead atoms. The normalized spacial score (nSPS) is 11.1. The molecule has 5 nitrogen and oxygen atoms in total. The van der Waals surface area contributed by atoms with E-state index in [1.54, 1.807) is 24.3 Å². The summed E-state index contributed by atoms with van der Waals surface area (Å²) in [4.78, 5) is 28.4. The molecule has 0 saturated carbocycles. The molecule has 0 unspecified atom stereocenters. The highest BCUT2D eigenvalue weighted by atomic mass is 16.1. The maximum atomic E-state index is 11.9. The van der Waals surface area contributed by atoms with Gasteiger partial charge in [0.2, 0.25) is 5.91 Å². The van der Waals surface area contributed by atoms with Crippen molar-refractivity contribution in [2.45, 2.75) is 6.92 Å². The molecule has 0 radical (unpaired) electrons. The molecule has 1 heterocycles. The van der Waals surface area contributed by atoms with Gasteiger partial charge in [-0.05, 0) is 36.8 Å². The van der Waals surface area contributed by atoms with Crippen LogP contribution in [-0.2, 0) is 4.79 Å². The van der Waals surface area contributed by atoms with Crippen molar-refractivity contribution >= 4 is 28.7 Å². The van der Waals surface area contributed by atoms with Crippen molar-refractivity contribution in [2.75, 3.05) is 5.32 Å². The van der Waals surface area contributed by atoms with Crippen molar-refractivity contribution in [3.8, 4) is 0 Å². The van der Waals surface area contributed by atoms with E-state index in [9.17, 15) is 9.59 Å². The van der Waals surface area contributed by atoms with Crippen molar-refractivity contribution in [1.29, 1.82) is 0 Å². The Kier molecular flexibility index (Phi) is 3.62. The van der Waals surface area contributed by atoms with Crippen LogP contribution in [0.15, 0.2) is 53.3 Å². The minimum absolute atomic E-state index is 0.223. The molecule has 0 aliphatic heterocycles. The fourth-order valence-electron chi connectivity index (χ4n) is 2.24. The van der Waals surface area contributed by atoms with Crippen LogP contribution in [0.2, 0.25) is 0 Å². The van der Waals surface area contributed by atoms with Crippen LogP contribution in [0.1, 0.15) is 11.1 Å². The van der Waals surface area contributed by atoms with E-state index in [-0.39, 0.29) is 11.6 Å². The number of aromatic nitrogens is 2. The van der Waals surface area contributed by atoms with Gasteiger partial charge in [0.05, 0.1) is 11.0 Å². The van der Waals surface area contributed by atoms with Crippen molar-refractivity contribution in [3.05, 3.63) is 70.2 Å². The average molecular weight is 293 g/mol. The number of benzene rings is 2. The van der Waals surface area contributed by atoms with Crippen LogP contribution in [0.4, 0.5) is 5.69 Å². The standard InChI is InChI=1S/C17H15N3O2/c1-11-3-2-4-12(9-11)5-8-16(21)18-13-6-7-14-15(10-13)20-17(22)19-14/h2-10H,1H3,(H,18,21)(H2,19,20,22)/b8-5+. The topological polar surface area (TPSA) is 77.8 Å². The fraction of sp³-hybridized carbons (Fsp3) is 0.0588. The highest BCUT2D eigenvalue weighted by Crippen LogP contribution is 2.14. The van der Waals surface area contributed by atoms with Gasteiger partial charge in [-0.2, -0.15) is 0 Å². The highest BCUT2D eigenvalue weighted by Gasteiger charge is 2.02. The molecule has 1 amide bonds. The monoisotopic (exact) mass is 293 g/mol. The molecule has 2 aromatic carbocycles. The van der Waals surface area contributed by atoms with E-state index in [0.717, 1.165) is 11.1 Å².